The third-order valence-corrected chi connectivity index (χ3v) is 6.69. The second kappa shape index (κ2) is 8.20. The van der Waals surface area contributed by atoms with E-state index in [2.05, 4.69) is 16.8 Å². The number of nitrogens with zero attached hydrogens (tertiary/aromatic N) is 3. The fraction of sp³-hybridized carbons (Fsp3) is 0.565. The van der Waals surface area contributed by atoms with E-state index >= 15 is 0 Å². The number of piperidine rings is 1. The van der Waals surface area contributed by atoms with E-state index in [4.69, 9.17) is 14.5 Å². The molecule has 3 aliphatic rings. The van der Waals surface area contributed by atoms with Crippen molar-refractivity contribution in [2.24, 2.45) is 5.92 Å². The summed E-state index contributed by atoms with van der Waals surface area (Å²) >= 11 is 0. The number of fused-ring (bicyclic) bond motifs is 1. The lowest BCUT2D eigenvalue weighted by molar-refractivity contribution is 0.171. The number of benzene rings is 1. The zero-order valence-electron chi connectivity index (χ0n) is 17.6. The van der Waals surface area contributed by atoms with Crippen molar-refractivity contribution in [3.05, 3.63) is 35.9 Å². The molecular weight excluding hydrogens is 380 g/mol. The van der Waals surface area contributed by atoms with Crippen molar-refractivity contribution < 1.29 is 14.3 Å². The number of urea groups is 1. The van der Waals surface area contributed by atoms with E-state index < -0.39 is 0 Å². The molecule has 1 aromatic carbocycles. The summed E-state index contributed by atoms with van der Waals surface area (Å²) in [6.45, 7) is 5.85. The van der Waals surface area contributed by atoms with Crippen molar-refractivity contribution in [3.8, 4) is 11.5 Å². The highest BCUT2D eigenvalue weighted by Gasteiger charge is 2.28. The largest absolute Gasteiger partial charge is 0.486 e. The summed E-state index contributed by atoms with van der Waals surface area (Å²) < 4.78 is 13.6. The van der Waals surface area contributed by atoms with Crippen LogP contribution in [0.3, 0.4) is 0 Å². The Morgan fingerprint density at radius 3 is 2.63 bits per heavy atom. The number of nitrogens with one attached hydrogen (secondary N) is 1. The van der Waals surface area contributed by atoms with Gasteiger partial charge >= 0.3 is 6.03 Å². The number of hydrogen-bond acceptors (Lipinski definition) is 4. The van der Waals surface area contributed by atoms with Gasteiger partial charge in [-0.3, -0.25) is 0 Å². The number of carbonyl (C=O) groups is 1. The Labute approximate surface area is 177 Å². The summed E-state index contributed by atoms with van der Waals surface area (Å²) in [5.41, 5.74) is 2.00. The highest BCUT2D eigenvalue weighted by Crippen LogP contribution is 2.37. The quantitative estimate of drug-likeness (QED) is 0.821. The van der Waals surface area contributed by atoms with Crippen LogP contribution < -0.4 is 14.8 Å². The van der Waals surface area contributed by atoms with Crippen LogP contribution in [0.25, 0.3) is 0 Å². The number of amides is 2. The van der Waals surface area contributed by atoms with Gasteiger partial charge in [0.1, 0.15) is 19.0 Å². The number of likely N-dealkylation sites (tertiary alicyclic amines) is 1. The van der Waals surface area contributed by atoms with Crippen LogP contribution in [0.1, 0.15) is 49.5 Å². The van der Waals surface area contributed by atoms with Gasteiger partial charge < -0.3 is 24.3 Å². The predicted octanol–water partition coefficient (Wildman–Crippen LogP) is 4.17. The summed E-state index contributed by atoms with van der Waals surface area (Å²) in [5, 5.41) is 3.01. The number of aryl methyl sites for hydroxylation is 1. The summed E-state index contributed by atoms with van der Waals surface area (Å²) in [4.78, 5) is 19.3. The van der Waals surface area contributed by atoms with Gasteiger partial charge in [-0.05, 0) is 50.7 Å². The minimum Gasteiger partial charge on any atom is -0.486 e. The van der Waals surface area contributed by atoms with Crippen molar-refractivity contribution >= 4 is 11.7 Å². The van der Waals surface area contributed by atoms with E-state index in [1.165, 1.54) is 30.8 Å². The van der Waals surface area contributed by atoms with Gasteiger partial charge in [0.15, 0.2) is 11.5 Å². The molecule has 1 aromatic heterocycles. The third-order valence-electron chi connectivity index (χ3n) is 6.69. The first-order valence-electron chi connectivity index (χ1n) is 11.1. The summed E-state index contributed by atoms with van der Waals surface area (Å²) in [5.74, 6) is 3.94. The number of carbonyl (C=O) groups excluding carboxylic acids is 1. The zero-order chi connectivity index (χ0) is 20.5. The number of imidazole rings is 1. The third kappa shape index (κ3) is 3.85. The smallest absolute Gasteiger partial charge is 0.321 e. The molecule has 0 unspecified atom stereocenters. The highest BCUT2D eigenvalue weighted by molar-refractivity contribution is 5.89. The summed E-state index contributed by atoms with van der Waals surface area (Å²) in [6.07, 6.45) is 7.94. The van der Waals surface area contributed by atoms with E-state index in [0.29, 0.717) is 30.8 Å². The van der Waals surface area contributed by atoms with Crippen LogP contribution in [0.2, 0.25) is 0 Å². The minimum atomic E-state index is -0.0425. The van der Waals surface area contributed by atoms with Crippen LogP contribution in [-0.4, -0.2) is 46.8 Å². The van der Waals surface area contributed by atoms with Gasteiger partial charge in [0.25, 0.3) is 0 Å². The molecule has 2 aromatic rings. The standard InChI is InChI=1S/C23H30N4O3/c1-16-14-24-22(18-3-2-4-18)27(16)15-17-7-9-26(10-8-17)23(28)25-19-5-6-20-21(13-19)30-12-11-29-20/h5-6,13-14,17-18H,2-4,7-12,15H2,1H3,(H,25,28). The maximum Gasteiger partial charge on any atom is 0.321 e. The van der Waals surface area contributed by atoms with Crippen LogP contribution in [0, 0.1) is 12.8 Å². The normalized spacial score (nSPS) is 19.4. The topological polar surface area (TPSA) is 68.6 Å². The zero-order valence-corrected chi connectivity index (χ0v) is 17.6. The summed E-state index contributed by atoms with van der Waals surface area (Å²) in [7, 11) is 0. The average Bonchev–Trinajstić information content (AvgIpc) is 3.07. The van der Waals surface area contributed by atoms with Crippen molar-refractivity contribution in [2.75, 3.05) is 31.6 Å². The van der Waals surface area contributed by atoms with Gasteiger partial charge in [-0.1, -0.05) is 6.42 Å². The first kappa shape index (κ1) is 19.3. The Kier molecular flexibility index (Phi) is 5.27. The molecule has 0 spiro atoms. The molecule has 1 saturated carbocycles. The van der Waals surface area contributed by atoms with E-state index in [9.17, 15) is 4.79 Å². The molecule has 1 N–H and O–H groups in total. The van der Waals surface area contributed by atoms with Crippen LogP contribution in [0.4, 0.5) is 10.5 Å². The van der Waals surface area contributed by atoms with Crippen LogP contribution in [0.15, 0.2) is 24.4 Å². The fourth-order valence-electron chi connectivity index (χ4n) is 4.61. The molecule has 1 saturated heterocycles. The van der Waals surface area contributed by atoms with Crippen molar-refractivity contribution in [1.82, 2.24) is 14.5 Å². The second-order valence-electron chi connectivity index (χ2n) is 8.72. The maximum atomic E-state index is 12.7. The van der Waals surface area contributed by atoms with Crippen molar-refractivity contribution in [3.63, 3.8) is 0 Å². The minimum absolute atomic E-state index is 0.0425. The number of aromatic nitrogens is 2. The Balaban J connectivity index is 1.15. The SMILES string of the molecule is Cc1cnc(C2CCC2)n1CC1CCN(C(=O)Nc2ccc3c(c2)OCCO3)CC1. The van der Waals surface area contributed by atoms with Crippen molar-refractivity contribution in [1.29, 1.82) is 0 Å². The molecule has 3 heterocycles. The molecule has 7 nitrogen and oxygen atoms in total. The number of ether oxygens (including phenoxy) is 2. The molecule has 160 valence electrons. The molecule has 7 heteroatoms. The Morgan fingerprint density at radius 1 is 1.13 bits per heavy atom. The van der Waals surface area contributed by atoms with Gasteiger partial charge in [-0.25, -0.2) is 9.78 Å². The molecule has 1 aliphatic carbocycles. The second-order valence-corrected chi connectivity index (χ2v) is 8.72. The molecule has 0 radical (unpaired) electrons. The summed E-state index contributed by atoms with van der Waals surface area (Å²) in [6, 6.07) is 5.51. The molecule has 0 atom stereocenters. The lowest BCUT2D eigenvalue weighted by Gasteiger charge is -2.33. The first-order chi connectivity index (χ1) is 14.7. The van der Waals surface area contributed by atoms with Gasteiger partial charge in [0.2, 0.25) is 0 Å². The van der Waals surface area contributed by atoms with E-state index in [1.807, 2.05) is 29.3 Å². The maximum absolute atomic E-state index is 12.7. The van der Waals surface area contributed by atoms with Gasteiger partial charge in [0, 0.05) is 49.2 Å². The number of hydrogen-bond donors (Lipinski definition) is 1. The Bertz CT molecular complexity index is 913. The molecule has 2 amide bonds. The Hall–Kier alpha value is -2.70. The van der Waals surface area contributed by atoms with Gasteiger partial charge in [0.05, 0.1) is 0 Å². The number of rotatable bonds is 4. The first-order valence-corrected chi connectivity index (χ1v) is 11.1. The molecule has 2 aliphatic heterocycles. The van der Waals surface area contributed by atoms with E-state index in [-0.39, 0.29) is 6.03 Å². The van der Waals surface area contributed by atoms with Crippen LogP contribution in [0.5, 0.6) is 11.5 Å². The average molecular weight is 411 g/mol. The van der Waals surface area contributed by atoms with Gasteiger partial charge in [-0.15, -0.1) is 0 Å². The molecule has 5 rings (SSSR count). The Morgan fingerprint density at radius 2 is 1.90 bits per heavy atom. The molecule has 0 bridgehead atoms. The molecular formula is C23H30N4O3. The van der Waals surface area contributed by atoms with Crippen LogP contribution in [-0.2, 0) is 6.54 Å². The lowest BCUT2D eigenvalue weighted by atomic mass is 9.84. The lowest BCUT2D eigenvalue weighted by Crippen LogP contribution is -2.41. The number of anilines is 1. The molecule has 2 fully saturated rings. The predicted molar refractivity (Wildman–Crippen MR) is 114 cm³/mol. The fourth-order valence-corrected chi connectivity index (χ4v) is 4.61. The van der Waals surface area contributed by atoms with E-state index in [1.54, 1.807) is 0 Å². The van der Waals surface area contributed by atoms with Crippen LogP contribution >= 0.6 is 0 Å². The van der Waals surface area contributed by atoms with Gasteiger partial charge in [-0.2, -0.15) is 0 Å². The van der Waals surface area contributed by atoms with E-state index in [0.717, 1.165) is 43.9 Å². The highest BCUT2D eigenvalue weighted by atomic mass is 16.6. The molecule has 30 heavy (non-hydrogen) atoms. The monoisotopic (exact) mass is 410 g/mol. The van der Waals surface area contributed by atoms with Crippen molar-refractivity contribution in [2.45, 2.75) is 51.5 Å².